The lowest BCUT2D eigenvalue weighted by atomic mass is 9.95. The van der Waals surface area contributed by atoms with Crippen LogP contribution in [0.2, 0.25) is 0 Å². The van der Waals surface area contributed by atoms with Crippen molar-refractivity contribution >= 4 is 11.8 Å². The normalized spacial score (nSPS) is 16.1. The summed E-state index contributed by atoms with van der Waals surface area (Å²) < 4.78 is 19.5. The number of amides is 2. The number of hydrogen-bond acceptors (Lipinski definition) is 4. The molecule has 0 fully saturated rings. The van der Waals surface area contributed by atoms with Crippen LogP contribution in [0, 0.1) is 5.82 Å². The van der Waals surface area contributed by atoms with Gasteiger partial charge in [-0.1, -0.05) is 12.1 Å². The molecule has 2 aromatic rings. The highest BCUT2D eigenvalue weighted by atomic mass is 19.1. The maximum atomic E-state index is 13.0. The fourth-order valence-corrected chi connectivity index (χ4v) is 3.26. The van der Waals surface area contributed by atoms with Crippen molar-refractivity contribution in [3.63, 3.8) is 0 Å². The van der Waals surface area contributed by atoms with E-state index in [9.17, 15) is 14.0 Å². The van der Waals surface area contributed by atoms with Crippen LogP contribution in [0.25, 0.3) is 0 Å². The molecule has 3 rings (SSSR count). The van der Waals surface area contributed by atoms with Crippen LogP contribution in [-0.2, 0) is 34.3 Å². The van der Waals surface area contributed by atoms with Crippen LogP contribution >= 0.6 is 0 Å². The first-order valence-electron chi connectivity index (χ1n) is 8.79. The Labute approximate surface area is 157 Å². The predicted molar refractivity (Wildman–Crippen MR) is 96.4 cm³/mol. The van der Waals surface area contributed by atoms with Crippen molar-refractivity contribution in [3.8, 4) is 0 Å². The zero-order chi connectivity index (χ0) is 19.4. The van der Waals surface area contributed by atoms with E-state index < -0.39 is 5.92 Å². The Morgan fingerprint density at radius 2 is 2.07 bits per heavy atom. The van der Waals surface area contributed by atoms with Crippen LogP contribution < -0.4 is 5.32 Å². The van der Waals surface area contributed by atoms with Gasteiger partial charge in [-0.15, -0.1) is 0 Å². The number of nitrogens with one attached hydrogen (secondary N) is 1. The highest BCUT2D eigenvalue weighted by Crippen LogP contribution is 2.27. The average Bonchev–Trinajstić information content (AvgIpc) is 3.02. The van der Waals surface area contributed by atoms with Crippen molar-refractivity contribution in [2.75, 3.05) is 26.8 Å². The summed E-state index contributed by atoms with van der Waals surface area (Å²) in [5.41, 5.74) is 2.51. The van der Waals surface area contributed by atoms with Gasteiger partial charge in [-0.2, -0.15) is 5.10 Å². The Balaban J connectivity index is 1.66. The minimum absolute atomic E-state index is 0.0193. The monoisotopic (exact) mass is 374 g/mol. The fraction of sp³-hybridized carbons (Fsp3) is 0.421. The third-order valence-electron chi connectivity index (χ3n) is 4.59. The summed E-state index contributed by atoms with van der Waals surface area (Å²) in [6.07, 6.45) is 2.43. The first-order chi connectivity index (χ1) is 13.0. The van der Waals surface area contributed by atoms with Gasteiger partial charge in [0, 0.05) is 45.6 Å². The molecule has 0 aliphatic carbocycles. The molecule has 1 aliphatic rings. The second-order valence-electron chi connectivity index (χ2n) is 6.64. The van der Waals surface area contributed by atoms with Crippen LogP contribution in [-0.4, -0.2) is 53.3 Å². The van der Waals surface area contributed by atoms with E-state index in [1.807, 2.05) is 6.20 Å². The van der Waals surface area contributed by atoms with Gasteiger partial charge in [0.2, 0.25) is 11.8 Å². The number of hydrogen-bond donors (Lipinski definition) is 1. The molecule has 0 radical (unpaired) electrons. The first-order valence-corrected chi connectivity index (χ1v) is 8.79. The van der Waals surface area contributed by atoms with Crippen molar-refractivity contribution in [2.24, 2.45) is 7.05 Å². The van der Waals surface area contributed by atoms with Gasteiger partial charge in [0.15, 0.2) is 0 Å². The van der Waals surface area contributed by atoms with E-state index >= 15 is 0 Å². The lowest BCUT2D eigenvalue weighted by Crippen LogP contribution is -2.45. The molecule has 8 heteroatoms. The minimum Gasteiger partial charge on any atom is -0.375 e. The number of aryl methyl sites for hydroxylation is 1. The molecule has 0 spiro atoms. The third kappa shape index (κ3) is 4.51. The van der Waals surface area contributed by atoms with E-state index in [1.165, 1.54) is 19.2 Å². The Morgan fingerprint density at radius 1 is 1.33 bits per heavy atom. The van der Waals surface area contributed by atoms with Crippen LogP contribution in [0.4, 0.5) is 4.39 Å². The van der Waals surface area contributed by atoms with Crippen LogP contribution in [0.1, 0.15) is 22.7 Å². The van der Waals surface area contributed by atoms with Crippen molar-refractivity contribution in [2.45, 2.75) is 18.9 Å². The minimum atomic E-state index is -0.524. The summed E-state index contributed by atoms with van der Waals surface area (Å²) in [7, 11) is 3.26. The zero-order valence-corrected chi connectivity index (χ0v) is 15.4. The van der Waals surface area contributed by atoms with E-state index in [-0.39, 0.29) is 30.8 Å². The van der Waals surface area contributed by atoms with Crippen LogP contribution in [0.15, 0.2) is 30.5 Å². The van der Waals surface area contributed by atoms with E-state index in [0.29, 0.717) is 25.2 Å². The molecule has 0 bridgehead atoms. The molecule has 1 atom stereocenters. The summed E-state index contributed by atoms with van der Waals surface area (Å²) >= 11 is 0. The van der Waals surface area contributed by atoms with E-state index in [0.717, 1.165) is 11.1 Å². The molecular formula is C19H23FN4O3. The molecule has 0 saturated carbocycles. The Hall–Kier alpha value is -2.74. The highest BCUT2D eigenvalue weighted by molar-refractivity contribution is 5.86. The number of carbonyl (C=O) groups is 2. The maximum Gasteiger partial charge on any atom is 0.248 e. The highest BCUT2D eigenvalue weighted by Gasteiger charge is 2.34. The van der Waals surface area contributed by atoms with Gasteiger partial charge < -0.3 is 15.0 Å². The molecule has 2 amide bonds. The summed E-state index contributed by atoms with van der Waals surface area (Å²) in [6.45, 7) is 1.10. The number of nitrogens with zero attached hydrogens (tertiary/aromatic N) is 3. The Bertz CT molecular complexity index is 819. The number of ether oxygens (including phenoxy) is 1. The maximum absolute atomic E-state index is 13.0. The number of carbonyl (C=O) groups excluding carboxylic acids is 2. The quantitative estimate of drug-likeness (QED) is 0.818. The largest absolute Gasteiger partial charge is 0.375 e. The van der Waals surface area contributed by atoms with Crippen molar-refractivity contribution in [1.29, 1.82) is 0 Å². The Morgan fingerprint density at radius 3 is 2.78 bits per heavy atom. The molecule has 2 heterocycles. The van der Waals surface area contributed by atoms with Gasteiger partial charge in [-0.25, -0.2) is 4.39 Å². The molecule has 144 valence electrons. The van der Waals surface area contributed by atoms with Gasteiger partial charge in [-0.05, 0) is 24.1 Å². The van der Waals surface area contributed by atoms with Crippen molar-refractivity contribution < 1.29 is 18.7 Å². The third-order valence-corrected chi connectivity index (χ3v) is 4.59. The molecule has 27 heavy (non-hydrogen) atoms. The molecule has 7 nitrogen and oxygen atoms in total. The van der Waals surface area contributed by atoms with E-state index in [1.54, 1.807) is 28.8 Å². The van der Waals surface area contributed by atoms with Gasteiger partial charge >= 0.3 is 0 Å². The van der Waals surface area contributed by atoms with Gasteiger partial charge in [-0.3, -0.25) is 14.3 Å². The smallest absolute Gasteiger partial charge is 0.248 e. The summed E-state index contributed by atoms with van der Waals surface area (Å²) in [4.78, 5) is 26.6. The summed E-state index contributed by atoms with van der Waals surface area (Å²) in [5, 5.41) is 7.32. The lowest BCUT2D eigenvalue weighted by molar-refractivity contribution is -0.137. The fourth-order valence-electron chi connectivity index (χ4n) is 3.26. The number of methoxy groups -OCH3 is 1. The lowest BCUT2D eigenvalue weighted by Gasteiger charge is -2.31. The summed E-state index contributed by atoms with van der Waals surface area (Å²) in [6, 6.07) is 6.20. The van der Waals surface area contributed by atoms with Crippen molar-refractivity contribution in [1.82, 2.24) is 20.0 Å². The van der Waals surface area contributed by atoms with Gasteiger partial charge in [0.1, 0.15) is 12.4 Å². The van der Waals surface area contributed by atoms with E-state index in [2.05, 4.69) is 10.4 Å². The summed E-state index contributed by atoms with van der Waals surface area (Å²) in [5.74, 6) is -1.14. The van der Waals surface area contributed by atoms with Gasteiger partial charge in [0.05, 0.1) is 11.6 Å². The predicted octanol–water partition coefficient (Wildman–Crippen LogP) is 0.990. The number of benzene rings is 1. The molecular weight excluding hydrogens is 351 g/mol. The SMILES string of the molecule is COCC(=O)N1Cc2cn(C)nc2[C@H](C(=O)NCCc2ccc(F)cc2)C1. The van der Waals surface area contributed by atoms with Gasteiger partial charge in [0.25, 0.3) is 0 Å². The zero-order valence-electron chi connectivity index (χ0n) is 15.4. The second kappa shape index (κ2) is 8.30. The average molecular weight is 374 g/mol. The Kier molecular flexibility index (Phi) is 5.85. The molecule has 1 aliphatic heterocycles. The second-order valence-corrected chi connectivity index (χ2v) is 6.64. The van der Waals surface area contributed by atoms with Crippen molar-refractivity contribution in [3.05, 3.63) is 53.1 Å². The molecule has 1 aromatic heterocycles. The topological polar surface area (TPSA) is 76.5 Å². The number of rotatable bonds is 6. The number of halogens is 1. The van der Waals surface area contributed by atoms with Crippen LogP contribution in [0.3, 0.4) is 0 Å². The number of fused-ring (bicyclic) bond motifs is 1. The van der Waals surface area contributed by atoms with Crippen LogP contribution in [0.5, 0.6) is 0 Å². The molecule has 0 unspecified atom stereocenters. The molecule has 1 N–H and O–H groups in total. The van der Waals surface area contributed by atoms with E-state index in [4.69, 9.17) is 4.74 Å². The standard InChI is InChI=1S/C19H23FN4O3/c1-23-9-14-10-24(17(25)12-27-2)11-16(18(14)22-23)19(26)21-8-7-13-3-5-15(20)6-4-13/h3-6,9,16H,7-8,10-12H2,1-2H3,(H,21,26)/t16-/m1/s1. The molecule has 0 saturated heterocycles. The molecule has 1 aromatic carbocycles. The first kappa shape index (κ1) is 19.0. The number of aromatic nitrogens is 2.